The molecule has 1 aromatic carbocycles. The number of ether oxygens (including phenoxy) is 1. The fraction of sp³-hybridized carbons (Fsp3) is 0.571. The van der Waals surface area contributed by atoms with Gasteiger partial charge < -0.3 is 10.1 Å². The summed E-state index contributed by atoms with van der Waals surface area (Å²) in [6.45, 7) is 4.93. The molecule has 18 heavy (non-hydrogen) atoms. The van der Waals surface area contributed by atoms with Gasteiger partial charge in [0, 0.05) is 28.2 Å². The molecule has 100 valence electrons. The second kappa shape index (κ2) is 7.04. The van der Waals surface area contributed by atoms with Crippen LogP contribution in [0.25, 0.3) is 0 Å². The highest BCUT2D eigenvalue weighted by Gasteiger charge is 2.26. The van der Waals surface area contributed by atoms with Crippen molar-refractivity contribution >= 4 is 31.9 Å². The number of benzene rings is 1. The van der Waals surface area contributed by atoms with E-state index in [1.165, 1.54) is 10.0 Å². The fourth-order valence-corrected chi connectivity index (χ4v) is 3.42. The minimum atomic E-state index is 0.408. The van der Waals surface area contributed by atoms with Crippen LogP contribution in [0.15, 0.2) is 27.1 Å². The lowest BCUT2D eigenvalue weighted by Gasteiger charge is -2.32. The van der Waals surface area contributed by atoms with Gasteiger partial charge in [-0.1, -0.05) is 38.8 Å². The van der Waals surface area contributed by atoms with Gasteiger partial charge in [-0.15, -0.1) is 0 Å². The summed E-state index contributed by atoms with van der Waals surface area (Å²) in [5.41, 5.74) is 1.35. The summed E-state index contributed by atoms with van der Waals surface area (Å²) in [6.07, 6.45) is 2.27. The maximum absolute atomic E-state index is 5.47. The van der Waals surface area contributed by atoms with Crippen molar-refractivity contribution < 1.29 is 4.74 Å². The van der Waals surface area contributed by atoms with E-state index in [0.29, 0.717) is 12.0 Å². The molecule has 1 unspecified atom stereocenters. The first-order valence-electron chi connectivity index (χ1n) is 6.48. The van der Waals surface area contributed by atoms with Gasteiger partial charge in [-0.25, -0.2) is 0 Å². The van der Waals surface area contributed by atoms with E-state index in [1.807, 2.05) is 0 Å². The Morgan fingerprint density at radius 1 is 1.33 bits per heavy atom. The zero-order chi connectivity index (χ0) is 13.0. The molecular weight excluding hydrogens is 358 g/mol. The van der Waals surface area contributed by atoms with Crippen LogP contribution in [0, 0.1) is 5.92 Å². The Bertz CT molecular complexity index is 391. The van der Waals surface area contributed by atoms with Gasteiger partial charge in [0.05, 0.1) is 0 Å². The van der Waals surface area contributed by atoms with Gasteiger partial charge in [0.2, 0.25) is 0 Å². The third-order valence-electron chi connectivity index (χ3n) is 3.45. The summed E-state index contributed by atoms with van der Waals surface area (Å²) in [6, 6.07) is 6.81. The van der Waals surface area contributed by atoms with Crippen LogP contribution in [-0.2, 0) is 4.74 Å². The maximum atomic E-state index is 5.47. The van der Waals surface area contributed by atoms with E-state index in [1.54, 1.807) is 0 Å². The molecule has 0 aliphatic carbocycles. The van der Waals surface area contributed by atoms with Crippen molar-refractivity contribution in [3.63, 3.8) is 0 Å². The van der Waals surface area contributed by atoms with Gasteiger partial charge in [0.25, 0.3) is 0 Å². The summed E-state index contributed by atoms with van der Waals surface area (Å²) < 4.78 is 7.79. The van der Waals surface area contributed by atoms with E-state index < -0.39 is 0 Å². The van der Waals surface area contributed by atoms with Gasteiger partial charge in [0.1, 0.15) is 0 Å². The Hall–Kier alpha value is 0.1000. The summed E-state index contributed by atoms with van der Waals surface area (Å²) in [5.74, 6) is 0.657. The molecule has 0 spiro atoms. The minimum Gasteiger partial charge on any atom is -0.381 e. The Balaban J connectivity index is 2.24. The van der Waals surface area contributed by atoms with E-state index in [9.17, 15) is 0 Å². The average Bonchev–Trinajstić information content (AvgIpc) is 2.40. The van der Waals surface area contributed by atoms with E-state index in [-0.39, 0.29) is 0 Å². The molecule has 2 rings (SSSR count). The Morgan fingerprint density at radius 3 is 2.72 bits per heavy atom. The Morgan fingerprint density at radius 2 is 2.06 bits per heavy atom. The molecule has 1 atom stereocenters. The van der Waals surface area contributed by atoms with Crippen LogP contribution < -0.4 is 5.32 Å². The van der Waals surface area contributed by atoms with Gasteiger partial charge in [-0.05, 0) is 49.1 Å². The molecule has 1 N–H and O–H groups in total. The first kappa shape index (κ1) is 14.5. The van der Waals surface area contributed by atoms with Crippen molar-refractivity contribution in [1.82, 2.24) is 5.32 Å². The molecule has 0 radical (unpaired) electrons. The number of halogens is 2. The Kier molecular flexibility index (Phi) is 5.67. The van der Waals surface area contributed by atoms with Crippen molar-refractivity contribution in [2.24, 2.45) is 5.92 Å². The monoisotopic (exact) mass is 375 g/mol. The van der Waals surface area contributed by atoms with Crippen molar-refractivity contribution in [3.8, 4) is 0 Å². The van der Waals surface area contributed by atoms with Crippen LogP contribution in [0.4, 0.5) is 0 Å². The highest BCUT2D eigenvalue weighted by Crippen LogP contribution is 2.35. The highest BCUT2D eigenvalue weighted by atomic mass is 79.9. The molecule has 1 saturated heterocycles. The van der Waals surface area contributed by atoms with Crippen molar-refractivity contribution in [3.05, 3.63) is 32.7 Å². The zero-order valence-electron chi connectivity index (χ0n) is 10.6. The number of hydrogen-bond acceptors (Lipinski definition) is 2. The molecule has 2 nitrogen and oxygen atoms in total. The van der Waals surface area contributed by atoms with Crippen LogP contribution in [-0.4, -0.2) is 19.8 Å². The van der Waals surface area contributed by atoms with Crippen molar-refractivity contribution in [2.75, 3.05) is 19.8 Å². The predicted octanol–water partition coefficient (Wildman–Crippen LogP) is 4.29. The van der Waals surface area contributed by atoms with E-state index in [2.05, 4.69) is 62.3 Å². The maximum Gasteiger partial charge on any atom is 0.0469 e. The molecule has 0 aromatic heterocycles. The number of nitrogens with one attached hydrogen (secondary N) is 1. The molecule has 1 aliphatic heterocycles. The largest absolute Gasteiger partial charge is 0.381 e. The predicted molar refractivity (Wildman–Crippen MR) is 81.8 cm³/mol. The summed E-state index contributed by atoms with van der Waals surface area (Å²) in [5, 5.41) is 3.63. The quantitative estimate of drug-likeness (QED) is 0.846. The summed E-state index contributed by atoms with van der Waals surface area (Å²) >= 11 is 7.24. The number of hydrogen-bond donors (Lipinski definition) is 1. The number of rotatable bonds is 4. The first-order valence-corrected chi connectivity index (χ1v) is 8.07. The molecule has 1 fully saturated rings. The highest BCUT2D eigenvalue weighted by molar-refractivity contribution is 9.11. The summed E-state index contributed by atoms with van der Waals surface area (Å²) in [7, 11) is 0. The standard InChI is InChI=1S/C14H19Br2NO/c1-2-17-14(10-5-7-18-8-6-10)12-9-11(15)3-4-13(12)16/h3-4,9-10,14,17H,2,5-8H2,1H3. The SMILES string of the molecule is CCNC(c1cc(Br)ccc1Br)C1CCOCC1. The van der Waals surface area contributed by atoms with Gasteiger partial charge in [-0.2, -0.15) is 0 Å². The molecular formula is C14H19Br2NO. The van der Waals surface area contributed by atoms with Crippen LogP contribution in [0.3, 0.4) is 0 Å². The van der Waals surface area contributed by atoms with Crippen LogP contribution >= 0.6 is 31.9 Å². The van der Waals surface area contributed by atoms with Crippen LogP contribution in [0.1, 0.15) is 31.4 Å². The Labute approximate surface area is 126 Å². The summed E-state index contributed by atoms with van der Waals surface area (Å²) in [4.78, 5) is 0. The first-order chi connectivity index (χ1) is 8.72. The van der Waals surface area contributed by atoms with Crippen molar-refractivity contribution in [1.29, 1.82) is 0 Å². The van der Waals surface area contributed by atoms with E-state index >= 15 is 0 Å². The molecule has 0 bridgehead atoms. The van der Waals surface area contributed by atoms with Crippen molar-refractivity contribution in [2.45, 2.75) is 25.8 Å². The topological polar surface area (TPSA) is 21.3 Å². The smallest absolute Gasteiger partial charge is 0.0469 e. The van der Waals surface area contributed by atoms with Gasteiger partial charge in [0.15, 0.2) is 0 Å². The lowest BCUT2D eigenvalue weighted by molar-refractivity contribution is 0.0537. The molecule has 1 heterocycles. The van der Waals surface area contributed by atoms with E-state index in [4.69, 9.17) is 4.74 Å². The minimum absolute atomic E-state index is 0.408. The third kappa shape index (κ3) is 3.56. The average molecular weight is 377 g/mol. The molecule has 1 aliphatic rings. The normalized spacial score (nSPS) is 18.8. The van der Waals surface area contributed by atoms with Gasteiger partial charge >= 0.3 is 0 Å². The molecule has 4 heteroatoms. The third-order valence-corrected chi connectivity index (χ3v) is 4.67. The molecule has 1 aromatic rings. The molecule has 0 saturated carbocycles. The lowest BCUT2D eigenvalue weighted by atomic mass is 9.87. The van der Waals surface area contributed by atoms with Gasteiger partial charge in [-0.3, -0.25) is 0 Å². The lowest BCUT2D eigenvalue weighted by Crippen LogP contribution is -2.32. The molecule has 0 amide bonds. The van der Waals surface area contributed by atoms with Crippen LogP contribution in [0.5, 0.6) is 0 Å². The second-order valence-corrected chi connectivity index (χ2v) is 6.42. The van der Waals surface area contributed by atoms with Crippen LogP contribution in [0.2, 0.25) is 0 Å². The van der Waals surface area contributed by atoms with E-state index in [0.717, 1.165) is 37.1 Å². The zero-order valence-corrected chi connectivity index (χ0v) is 13.8. The second-order valence-electron chi connectivity index (χ2n) is 4.65. The fourth-order valence-electron chi connectivity index (χ4n) is 2.55.